The molecule has 0 fully saturated rings. The smallest absolute Gasteiger partial charge is 0.408 e. The first-order valence-corrected chi connectivity index (χ1v) is 30.3. The number of aliphatic hydroxyl groups is 1. The summed E-state index contributed by atoms with van der Waals surface area (Å²) < 4.78 is 107. The average molecular weight is 1310 g/mol. The number of hydrogen-bond acceptors (Lipinski definition) is 14. The van der Waals surface area contributed by atoms with Gasteiger partial charge in [0.05, 0.1) is 12.1 Å². The molecule has 23 heteroatoms. The molecule has 0 bridgehead atoms. The van der Waals surface area contributed by atoms with Crippen LogP contribution < -0.4 is 41.2 Å². The Morgan fingerprint density at radius 1 is 0.442 bits per heavy atom. The number of benzene rings is 8. The number of carbonyl (C=O) groups excluding carboxylic acids is 6. The van der Waals surface area contributed by atoms with E-state index in [0.717, 1.165) is 11.1 Å². The van der Waals surface area contributed by atoms with Crippen molar-refractivity contribution in [3.63, 3.8) is 0 Å². The number of ether oxygens (including phenoxy) is 6. The standard InChI is InChI=1S/C72H70F5N5O13/c1-44(2)32-57(69(86)92-41-47-22-12-5-13-23-47)81-68(85)56(80-67(84)55(78)37-54(83)38-79-71(88)93-42-48-24-14-6-15-25-48)35-52-33-50(28-30-59(52)90-39-45-18-8-3-9-19-45)51-29-31-60(91-40-46-20-10-4-11-21-46)53(34-51)36-58(82-72(89)94-43-49-26-16-7-17-27-49)70(87)95-66-64(76)62(74)61(73)63(75)65(66)77/h3-31,33-34,44,54-58,83H,32,35-43,78H2,1-2H3,(H,79,88)(H,80,84)(H,81,85)(H,82,89)/t54-,55+,56+,57+,58+/m1/s1. The fourth-order valence-corrected chi connectivity index (χ4v) is 9.71. The van der Waals surface area contributed by atoms with Gasteiger partial charge in [-0.15, -0.1) is 0 Å². The van der Waals surface area contributed by atoms with Gasteiger partial charge in [0.25, 0.3) is 0 Å². The SMILES string of the molecule is CC(C)C[C@H](NC(=O)[C@H](Cc1cc(-c2ccc(OCc3ccccc3)c(C[C@H](NC(=O)OCc3ccccc3)C(=O)Oc3c(F)c(F)c(F)c(F)c3F)c2)ccc1OCc1ccccc1)NC(=O)[C@@H](N)C[C@@H](O)CNC(=O)OCc1ccccc1)C(=O)OCc1ccccc1. The molecular weight excluding hydrogens is 1240 g/mol. The van der Waals surface area contributed by atoms with E-state index in [-0.39, 0.29) is 81.0 Å². The van der Waals surface area contributed by atoms with Crippen LogP contribution in [0.25, 0.3) is 11.1 Å². The molecule has 0 saturated carbocycles. The highest BCUT2D eigenvalue weighted by Gasteiger charge is 2.34. The van der Waals surface area contributed by atoms with Crippen LogP contribution in [0.3, 0.4) is 0 Å². The Hall–Kier alpha value is -10.7. The van der Waals surface area contributed by atoms with Crippen molar-refractivity contribution < 1.29 is 84.2 Å². The summed E-state index contributed by atoms with van der Waals surface area (Å²) in [5, 5.41) is 21.3. The Kier molecular flexibility index (Phi) is 25.8. The van der Waals surface area contributed by atoms with E-state index >= 15 is 8.78 Å². The maximum absolute atomic E-state index is 15.1. The van der Waals surface area contributed by atoms with Crippen LogP contribution in [0.4, 0.5) is 31.5 Å². The Labute approximate surface area is 544 Å². The summed E-state index contributed by atoms with van der Waals surface area (Å²) in [4.78, 5) is 83.5. The highest BCUT2D eigenvalue weighted by Crippen LogP contribution is 2.34. The molecule has 0 saturated heterocycles. The largest absolute Gasteiger partial charge is 0.489 e. The first-order chi connectivity index (χ1) is 45.8. The average Bonchev–Trinajstić information content (AvgIpc) is 0.815. The number of rotatable bonds is 31. The molecule has 7 N–H and O–H groups in total. The van der Waals surface area contributed by atoms with Gasteiger partial charge in [-0.05, 0) is 93.1 Å². The molecule has 496 valence electrons. The number of nitrogens with one attached hydrogen (secondary N) is 4. The van der Waals surface area contributed by atoms with Gasteiger partial charge in [-0.3, -0.25) is 9.59 Å². The minimum atomic E-state index is -2.51. The summed E-state index contributed by atoms with van der Waals surface area (Å²) in [5.74, 6) is -18.2. The van der Waals surface area contributed by atoms with E-state index < -0.39 is 114 Å². The summed E-state index contributed by atoms with van der Waals surface area (Å²) in [6, 6.07) is 47.3. The third-order valence-corrected chi connectivity index (χ3v) is 14.7. The highest BCUT2D eigenvalue weighted by atomic mass is 19.2. The van der Waals surface area contributed by atoms with Gasteiger partial charge in [0, 0.05) is 19.4 Å². The normalized spacial score (nSPS) is 12.6. The maximum Gasteiger partial charge on any atom is 0.408 e. The van der Waals surface area contributed by atoms with Gasteiger partial charge in [-0.1, -0.05) is 178 Å². The van der Waals surface area contributed by atoms with Crippen LogP contribution in [-0.2, 0) is 79.3 Å². The maximum atomic E-state index is 15.1. The zero-order valence-corrected chi connectivity index (χ0v) is 51.7. The van der Waals surface area contributed by atoms with Crippen molar-refractivity contribution >= 4 is 35.9 Å². The van der Waals surface area contributed by atoms with Gasteiger partial charge in [0.1, 0.15) is 62.7 Å². The van der Waals surface area contributed by atoms with Crippen molar-refractivity contribution in [3.8, 4) is 28.4 Å². The van der Waals surface area contributed by atoms with E-state index in [2.05, 4.69) is 21.3 Å². The van der Waals surface area contributed by atoms with E-state index in [1.807, 2.05) is 44.2 Å². The number of alkyl carbamates (subject to hydrolysis) is 2. The second-order valence-electron chi connectivity index (χ2n) is 22.5. The molecule has 0 aliphatic carbocycles. The predicted molar refractivity (Wildman–Crippen MR) is 339 cm³/mol. The fourth-order valence-electron chi connectivity index (χ4n) is 9.71. The van der Waals surface area contributed by atoms with E-state index in [0.29, 0.717) is 27.8 Å². The minimum Gasteiger partial charge on any atom is -0.489 e. The first kappa shape index (κ1) is 70.2. The number of carbonyl (C=O) groups is 6. The number of aliphatic hydroxyl groups excluding tert-OH is 1. The van der Waals surface area contributed by atoms with Gasteiger partial charge >= 0.3 is 24.1 Å². The lowest BCUT2D eigenvalue weighted by atomic mass is 9.94. The number of hydrogen-bond donors (Lipinski definition) is 6. The molecule has 0 radical (unpaired) electrons. The van der Waals surface area contributed by atoms with Crippen LogP contribution in [-0.4, -0.2) is 77.9 Å². The molecular formula is C72H70F5N5O13. The lowest BCUT2D eigenvalue weighted by Crippen LogP contribution is -2.56. The molecule has 0 heterocycles. The summed E-state index contributed by atoms with van der Waals surface area (Å²) in [7, 11) is 0. The second-order valence-corrected chi connectivity index (χ2v) is 22.5. The Balaban J connectivity index is 1.15. The van der Waals surface area contributed by atoms with E-state index in [1.165, 1.54) is 12.1 Å². The Bertz CT molecular complexity index is 3850. The molecule has 0 spiro atoms. The Morgan fingerprint density at radius 2 is 0.842 bits per heavy atom. The predicted octanol–water partition coefficient (Wildman–Crippen LogP) is 11.0. The summed E-state index contributed by atoms with van der Waals surface area (Å²) in [5.41, 5.74) is 11.0. The third-order valence-electron chi connectivity index (χ3n) is 14.7. The molecule has 18 nitrogen and oxygen atoms in total. The van der Waals surface area contributed by atoms with Crippen LogP contribution >= 0.6 is 0 Å². The van der Waals surface area contributed by atoms with Crippen LogP contribution in [0.2, 0.25) is 0 Å². The van der Waals surface area contributed by atoms with Crippen molar-refractivity contribution in [2.75, 3.05) is 6.54 Å². The van der Waals surface area contributed by atoms with Crippen molar-refractivity contribution in [2.45, 2.75) is 103 Å². The number of nitrogens with two attached hydrogens (primary N) is 1. The molecule has 8 rings (SSSR count). The quantitative estimate of drug-likeness (QED) is 0.00591. The van der Waals surface area contributed by atoms with Gasteiger partial charge in [0.15, 0.2) is 0 Å². The van der Waals surface area contributed by atoms with Crippen molar-refractivity contribution in [1.29, 1.82) is 0 Å². The second kappa shape index (κ2) is 34.9. The fraction of sp³-hybridized carbons (Fsp3) is 0.250. The zero-order chi connectivity index (χ0) is 67.8. The molecule has 0 aromatic heterocycles. The molecule has 8 aromatic carbocycles. The van der Waals surface area contributed by atoms with Gasteiger partial charge < -0.3 is 60.5 Å². The monoisotopic (exact) mass is 1310 g/mol. The molecule has 0 aliphatic heterocycles. The van der Waals surface area contributed by atoms with E-state index in [9.17, 15) is 47.0 Å². The molecule has 4 amide bonds. The molecule has 5 atom stereocenters. The van der Waals surface area contributed by atoms with Crippen molar-refractivity contribution in [1.82, 2.24) is 21.3 Å². The molecule has 8 aromatic rings. The lowest BCUT2D eigenvalue weighted by Gasteiger charge is -2.26. The van der Waals surface area contributed by atoms with Crippen LogP contribution in [0.1, 0.15) is 65.6 Å². The number of esters is 2. The Morgan fingerprint density at radius 3 is 1.29 bits per heavy atom. The summed E-state index contributed by atoms with van der Waals surface area (Å²) in [6.45, 7) is 2.78. The van der Waals surface area contributed by atoms with Gasteiger partial charge in [-0.25, -0.2) is 32.3 Å². The summed E-state index contributed by atoms with van der Waals surface area (Å²) in [6.07, 6.45) is -4.76. The van der Waals surface area contributed by atoms with E-state index in [4.69, 9.17) is 34.2 Å². The molecule has 0 unspecified atom stereocenters. The van der Waals surface area contributed by atoms with Crippen molar-refractivity contribution in [2.24, 2.45) is 11.7 Å². The highest BCUT2D eigenvalue weighted by molar-refractivity contribution is 5.92. The van der Waals surface area contributed by atoms with Crippen LogP contribution in [0.15, 0.2) is 188 Å². The third kappa shape index (κ3) is 21.2. The topological polar surface area (TPSA) is 252 Å². The van der Waals surface area contributed by atoms with Crippen LogP contribution in [0, 0.1) is 35.0 Å². The van der Waals surface area contributed by atoms with Gasteiger partial charge in [-0.2, -0.15) is 8.78 Å². The van der Waals surface area contributed by atoms with E-state index in [1.54, 1.807) is 146 Å². The lowest BCUT2D eigenvalue weighted by molar-refractivity contribution is -0.150. The minimum absolute atomic E-state index is 0.0115. The molecule has 0 aliphatic rings. The molecule has 95 heavy (non-hydrogen) atoms. The number of amides is 4. The number of halogens is 5. The van der Waals surface area contributed by atoms with Gasteiger partial charge in [0.2, 0.25) is 46.6 Å². The van der Waals surface area contributed by atoms with Crippen LogP contribution in [0.5, 0.6) is 17.2 Å². The summed E-state index contributed by atoms with van der Waals surface area (Å²) >= 11 is 0. The first-order valence-electron chi connectivity index (χ1n) is 30.3. The van der Waals surface area contributed by atoms with Crippen molar-refractivity contribution in [3.05, 3.63) is 256 Å². The zero-order valence-electron chi connectivity index (χ0n) is 51.7.